The molecule has 90 valence electrons. The minimum absolute atomic E-state index is 0.0845. The van der Waals surface area contributed by atoms with Gasteiger partial charge in [-0.25, -0.2) is 0 Å². The van der Waals surface area contributed by atoms with Crippen molar-refractivity contribution in [3.8, 4) is 0 Å². The van der Waals surface area contributed by atoms with Crippen LogP contribution in [-0.2, 0) is 10.7 Å². The summed E-state index contributed by atoms with van der Waals surface area (Å²) in [4.78, 5) is 11.4. The number of aromatic nitrogens is 2. The zero-order valence-electron chi connectivity index (χ0n) is 9.50. The van der Waals surface area contributed by atoms with Gasteiger partial charge < -0.3 is 15.1 Å². The number of rotatable bonds is 4. The van der Waals surface area contributed by atoms with Gasteiger partial charge in [0.15, 0.2) is 0 Å². The Labute approximate surface area is 98.8 Å². The predicted octanol–water partition coefficient (Wildman–Crippen LogP) is 1.13. The van der Waals surface area contributed by atoms with E-state index in [1.807, 2.05) is 20.8 Å². The first-order chi connectivity index (χ1) is 7.40. The van der Waals surface area contributed by atoms with Crippen LogP contribution in [0.2, 0.25) is 0 Å². The number of carbonyl (C=O) groups excluding carboxylic acids is 1. The molecule has 1 amide bonds. The molecule has 0 unspecified atom stereocenters. The summed E-state index contributed by atoms with van der Waals surface area (Å²) in [6, 6.07) is 0.194. The Hall–Kier alpha value is -1.30. The second-order valence-corrected chi connectivity index (χ2v) is 4.55. The Morgan fingerprint density at radius 1 is 1.44 bits per heavy atom. The largest absolute Gasteiger partial charge is 0.407 e. The first-order valence-corrected chi connectivity index (χ1v) is 5.37. The number of hydrogen-bond acceptors (Lipinski definition) is 5. The Morgan fingerprint density at radius 2 is 2.12 bits per heavy atom. The zero-order valence-corrected chi connectivity index (χ0v) is 10.3. The van der Waals surface area contributed by atoms with E-state index >= 15 is 0 Å². The third-order valence-electron chi connectivity index (χ3n) is 1.50. The molecule has 2 N–H and O–H groups in total. The maximum Gasteiger partial charge on any atom is 0.315 e. The molecular weight excluding hydrogens is 232 g/mol. The van der Waals surface area contributed by atoms with Crippen LogP contribution in [0.5, 0.6) is 0 Å². The predicted molar refractivity (Wildman–Crippen MR) is 60.2 cm³/mol. The van der Waals surface area contributed by atoms with Crippen LogP contribution in [-0.4, -0.2) is 28.2 Å². The number of anilines is 1. The van der Waals surface area contributed by atoms with Crippen LogP contribution < -0.4 is 10.6 Å². The molecule has 0 aliphatic rings. The standard InChI is InChI=1S/C9H15ClN4O2/c1-9(2,3)12-6(15)5-11-8-14-13-7(4-10)16-8/h4-5H2,1-3H3,(H,11,14)(H,12,15). The molecule has 0 bridgehead atoms. The summed E-state index contributed by atoms with van der Waals surface area (Å²) >= 11 is 5.49. The van der Waals surface area contributed by atoms with Gasteiger partial charge >= 0.3 is 6.01 Å². The van der Waals surface area contributed by atoms with Gasteiger partial charge in [-0.15, -0.1) is 16.7 Å². The average molecular weight is 247 g/mol. The third kappa shape index (κ3) is 4.48. The highest BCUT2D eigenvalue weighted by atomic mass is 35.5. The lowest BCUT2D eigenvalue weighted by molar-refractivity contribution is -0.120. The Bertz CT molecular complexity index is 359. The molecule has 0 atom stereocenters. The third-order valence-corrected chi connectivity index (χ3v) is 1.72. The minimum atomic E-state index is -0.255. The van der Waals surface area contributed by atoms with E-state index in [1.54, 1.807) is 0 Å². The smallest absolute Gasteiger partial charge is 0.315 e. The van der Waals surface area contributed by atoms with E-state index in [2.05, 4.69) is 20.8 Å². The molecule has 1 heterocycles. The monoisotopic (exact) mass is 246 g/mol. The summed E-state index contributed by atoms with van der Waals surface area (Å²) in [5, 5.41) is 12.8. The lowest BCUT2D eigenvalue weighted by Crippen LogP contribution is -2.43. The molecule has 1 aromatic heterocycles. The van der Waals surface area contributed by atoms with Crippen LogP contribution in [0, 0.1) is 0 Å². The maximum atomic E-state index is 11.4. The number of amides is 1. The van der Waals surface area contributed by atoms with Gasteiger partial charge in [-0.2, -0.15) is 0 Å². The molecule has 0 radical (unpaired) electrons. The molecule has 1 aromatic rings. The van der Waals surface area contributed by atoms with Gasteiger partial charge in [0.2, 0.25) is 11.8 Å². The van der Waals surface area contributed by atoms with Gasteiger partial charge in [0.05, 0.1) is 6.54 Å². The zero-order chi connectivity index (χ0) is 12.2. The number of alkyl halides is 1. The SMILES string of the molecule is CC(C)(C)NC(=O)CNc1nnc(CCl)o1. The molecule has 0 saturated carbocycles. The van der Waals surface area contributed by atoms with E-state index in [-0.39, 0.29) is 29.9 Å². The van der Waals surface area contributed by atoms with Gasteiger partial charge in [-0.1, -0.05) is 5.10 Å². The first kappa shape index (κ1) is 12.8. The van der Waals surface area contributed by atoms with Crippen LogP contribution in [0.1, 0.15) is 26.7 Å². The molecule has 16 heavy (non-hydrogen) atoms. The summed E-state index contributed by atoms with van der Waals surface area (Å²) in [7, 11) is 0. The van der Waals surface area contributed by atoms with Crippen LogP contribution in [0.4, 0.5) is 6.01 Å². The molecule has 7 heteroatoms. The fourth-order valence-corrected chi connectivity index (χ4v) is 1.11. The van der Waals surface area contributed by atoms with Crippen LogP contribution in [0.15, 0.2) is 4.42 Å². The average Bonchev–Trinajstić information content (AvgIpc) is 2.59. The fraction of sp³-hybridized carbons (Fsp3) is 0.667. The maximum absolute atomic E-state index is 11.4. The van der Waals surface area contributed by atoms with E-state index in [0.29, 0.717) is 5.89 Å². The van der Waals surface area contributed by atoms with Gasteiger partial charge in [-0.3, -0.25) is 4.79 Å². The molecule has 0 aliphatic heterocycles. The van der Waals surface area contributed by atoms with Crippen LogP contribution in [0.3, 0.4) is 0 Å². The molecule has 0 saturated heterocycles. The van der Waals surface area contributed by atoms with Gasteiger partial charge in [0.1, 0.15) is 5.88 Å². The number of carbonyl (C=O) groups is 1. The second kappa shape index (κ2) is 5.16. The van der Waals surface area contributed by atoms with Crippen molar-refractivity contribution in [2.75, 3.05) is 11.9 Å². The Morgan fingerprint density at radius 3 is 2.62 bits per heavy atom. The van der Waals surface area contributed by atoms with Crippen molar-refractivity contribution in [2.24, 2.45) is 0 Å². The Balaban J connectivity index is 2.37. The van der Waals surface area contributed by atoms with Crippen molar-refractivity contribution < 1.29 is 9.21 Å². The van der Waals surface area contributed by atoms with E-state index < -0.39 is 0 Å². The molecule has 0 spiro atoms. The van der Waals surface area contributed by atoms with Crippen molar-refractivity contribution >= 4 is 23.5 Å². The number of hydrogen-bond donors (Lipinski definition) is 2. The summed E-state index contributed by atoms with van der Waals surface area (Å²) in [5.41, 5.74) is -0.255. The summed E-state index contributed by atoms with van der Waals surface area (Å²) < 4.78 is 5.07. The second-order valence-electron chi connectivity index (χ2n) is 4.29. The van der Waals surface area contributed by atoms with Gasteiger partial charge in [-0.05, 0) is 20.8 Å². The summed E-state index contributed by atoms with van der Waals surface area (Å²) in [5.74, 6) is 0.335. The topological polar surface area (TPSA) is 80.0 Å². The van der Waals surface area contributed by atoms with Crippen molar-refractivity contribution in [1.29, 1.82) is 0 Å². The quantitative estimate of drug-likeness (QED) is 0.779. The molecule has 6 nitrogen and oxygen atoms in total. The minimum Gasteiger partial charge on any atom is -0.407 e. The van der Waals surface area contributed by atoms with Crippen LogP contribution in [0.25, 0.3) is 0 Å². The highest BCUT2D eigenvalue weighted by molar-refractivity contribution is 6.16. The molecule has 0 aromatic carbocycles. The molecule has 1 rings (SSSR count). The molecule has 0 fully saturated rings. The highest BCUT2D eigenvalue weighted by Gasteiger charge is 2.14. The van der Waals surface area contributed by atoms with Crippen LogP contribution >= 0.6 is 11.6 Å². The van der Waals surface area contributed by atoms with Crippen molar-refractivity contribution in [3.63, 3.8) is 0 Å². The first-order valence-electron chi connectivity index (χ1n) is 4.84. The normalized spacial score (nSPS) is 11.2. The number of nitrogens with zero attached hydrogens (tertiary/aromatic N) is 2. The van der Waals surface area contributed by atoms with E-state index in [1.165, 1.54) is 0 Å². The lowest BCUT2D eigenvalue weighted by Gasteiger charge is -2.20. The highest BCUT2D eigenvalue weighted by Crippen LogP contribution is 2.06. The van der Waals surface area contributed by atoms with Crippen molar-refractivity contribution in [2.45, 2.75) is 32.2 Å². The summed E-state index contributed by atoms with van der Waals surface area (Å²) in [6.45, 7) is 5.80. The lowest BCUT2D eigenvalue weighted by atomic mass is 10.1. The van der Waals surface area contributed by atoms with Gasteiger partial charge in [0, 0.05) is 5.54 Å². The number of nitrogens with one attached hydrogen (secondary N) is 2. The van der Waals surface area contributed by atoms with E-state index in [9.17, 15) is 4.79 Å². The van der Waals surface area contributed by atoms with Gasteiger partial charge in [0.25, 0.3) is 0 Å². The fourth-order valence-electron chi connectivity index (χ4n) is 0.997. The molecular formula is C9H15ClN4O2. The number of halogens is 1. The van der Waals surface area contributed by atoms with Crippen molar-refractivity contribution in [1.82, 2.24) is 15.5 Å². The van der Waals surface area contributed by atoms with E-state index in [4.69, 9.17) is 16.0 Å². The van der Waals surface area contributed by atoms with E-state index in [0.717, 1.165) is 0 Å². The Kier molecular flexibility index (Phi) is 4.12. The molecule has 0 aliphatic carbocycles. The summed E-state index contributed by atoms with van der Waals surface area (Å²) in [6.07, 6.45) is 0. The van der Waals surface area contributed by atoms with Crippen molar-refractivity contribution in [3.05, 3.63) is 5.89 Å².